The van der Waals surface area contributed by atoms with Gasteiger partial charge in [0.1, 0.15) is 0 Å². The summed E-state index contributed by atoms with van der Waals surface area (Å²) in [6.07, 6.45) is 5.78. The summed E-state index contributed by atoms with van der Waals surface area (Å²) >= 11 is 0. The summed E-state index contributed by atoms with van der Waals surface area (Å²) in [5.41, 5.74) is 0. The highest BCUT2D eigenvalue weighted by Gasteiger charge is 2.26. The minimum Gasteiger partial charge on any atom is -0.435 e. The second-order valence-electron chi connectivity index (χ2n) is 4.83. The number of nitrogens with one attached hydrogen (secondary N) is 2. The number of piperidine rings is 1. The van der Waals surface area contributed by atoms with Gasteiger partial charge in [0.25, 0.3) is 5.91 Å². The van der Waals surface area contributed by atoms with Gasteiger partial charge in [0, 0.05) is 12.0 Å². The van der Waals surface area contributed by atoms with E-state index in [0.717, 1.165) is 38.8 Å². The normalized spacial score (nSPS) is 21.4. The molecule has 5 nitrogen and oxygen atoms in total. The number of carbonyl (C=O) groups is 1. The van der Waals surface area contributed by atoms with Crippen LogP contribution < -0.4 is 10.6 Å². The Kier molecular flexibility index (Phi) is 2.84. The molecule has 1 aliphatic heterocycles. The first-order valence-electron chi connectivity index (χ1n) is 6.30. The van der Waals surface area contributed by atoms with Crippen LogP contribution in [0.4, 0.5) is 0 Å². The molecule has 5 heteroatoms. The third kappa shape index (κ3) is 2.49. The monoisotopic (exact) mass is 235 g/mol. The van der Waals surface area contributed by atoms with Crippen molar-refractivity contribution in [3.05, 3.63) is 17.8 Å². The lowest BCUT2D eigenvalue weighted by atomic mass is 9.98. The van der Waals surface area contributed by atoms with Gasteiger partial charge in [-0.25, -0.2) is 4.98 Å². The predicted molar refractivity (Wildman–Crippen MR) is 61.8 cm³/mol. The van der Waals surface area contributed by atoms with Crippen molar-refractivity contribution < 1.29 is 9.21 Å². The Morgan fingerprint density at radius 2 is 2.12 bits per heavy atom. The second-order valence-corrected chi connectivity index (χ2v) is 4.83. The fraction of sp³-hybridized carbons (Fsp3) is 0.667. The number of hydrogen-bond acceptors (Lipinski definition) is 4. The summed E-state index contributed by atoms with van der Waals surface area (Å²) in [7, 11) is 0. The molecule has 0 aromatic carbocycles. The first-order valence-corrected chi connectivity index (χ1v) is 6.30. The van der Waals surface area contributed by atoms with Crippen molar-refractivity contribution in [1.29, 1.82) is 0 Å². The minimum atomic E-state index is -0.125. The number of hydrogen-bond donors (Lipinski definition) is 2. The van der Waals surface area contributed by atoms with Gasteiger partial charge in [-0.2, -0.15) is 0 Å². The number of nitrogens with zero attached hydrogens (tertiary/aromatic N) is 1. The summed E-state index contributed by atoms with van der Waals surface area (Å²) in [5, 5.41) is 6.20. The molecule has 1 aromatic heterocycles. The van der Waals surface area contributed by atoms with E-state index in [1.165, 1.54) is 0 Å². The molecule has 0 atom stereocenters. The van der Waals surface area contributed by atoms with Crippen LogP contribution >= 0.6 is 0 Å². The van der Waals surface area contributed by atoms with Crippen LogP contribution in [0.2, 0.25) is 0 Å². The van der Waals surface area contributed by atoms with E-state index in [2.05, 4.69) is 15.6 Å². The van der Waals surface area contributed by atoms with Crippen LogP contribution in [0, 0.1) is 0 Å². The smallest absolute Gasteiger partial charge is 0.288 e. The Hall–Kier alpha value is -1.36. The first-order chi connectivity index (χ1) is 8.33. The van der Waals surface area contributed by atoms with E-state index in [4.69, 9.17) is 4.42 Å². The van der Waals surface area contributed by atoms with E-state index < -0.39 is 0 Å². The molecule has 1 aromatic rings. The topological polar surface area (TPSA) is 67.2 Å². The van der Waals surface area contributed by atoms with E-state index in [0.29, 0.717) is 23.6 Å². The van der Waals surface area contributed by atoms with Gasteiger partial charge in [-0.3, -0.25) is 4.79 Å². The fourth-order valence-corrected chi connectivity index (χ4v) is 2.13. The highest BCUT2D eigenvalue weighted by atomic mass is 16.4. The fourth-order valence-electron chi connectivity index (χ4n) is 2.13. The molecule has 2 aliphatic rings. The van der Waals surface area contributed by atoms with Gasteiger partial charge < -0.3 is 15.1 Å². The molecular formula is C12H17N3O2. The SMILES string of the molecule is O=C(NC1CC1)c1cnc(C2CCNCC2)o1. The van der Waals surface area contributed by atoms with Gasteiger partial charge in [-0.05, 0) is 38.8 Å². The summed E-state index contributed by atoms with van der Waals surface area (Å²) in [6.45, 7) is 1.99. The quantitative estimate of drug-likeness (QED) is 0.821. The maximum atomic E-state index is 11.7. The summed E-state index contributed by atoms with van der Waals surface area (Å²) in [4.78, 5) is 16.0. The average molecular weight is 235 g/mol. The van der Waals surface area contributed by atoms with Gasteiger partial charge >= 0.3 is 0 Å². The molecule has 1 saturated heterocycles. The van der Waals surface area contributed by atoms with E-state index in [-0.39, 0.29) is 5.91 Å². The van der Waals surface area contributed by atoms with Crippen LogP contribution in [0.15, 0.2) is 10.6 Å². The van der Waals surface area contributed by atoms with Gasteiger partial charge in [-0.1, -0.05) is 0 Å². The molecule has 1 saturated carbocycles. The Bertz CT molecular complexity index is 406. The van der Waals surface area contributed by atoms with Crippen LogP contribution in [0.25, 0.3) is 0 Å². The number of aromatic nitrogens is 1. The van der Waals surface area contributed by atoms with Crippen LogP contribution in [0.5, 0.6) is 0 Å². The van der Waals surface area contributed by atoms with Gasteiger partial charge in [-0.15, -0.1) is 0 Å². The third-order valence-electron chi connectivity index (χ3n) is 3.35. The van der Waals surface area contributed by atoms with Crippen molar-refractivity contribution in [3.63, 3.8) is 0 Å². The molecule has 0 unspecified atom stereocenters. The first kappa shape index (κ1) is 10.8. The lowest BCUT2D eigenvalue weighted by Crippen LogP contribution is -2.27. The van der Waals surface area contributed by atoms with Crippen molar-refractivity contribution >= 4 is 5.91 Å². The lowest BCUT2D eigenvalue weighted by Gasteiger charge is -2.19. The zero-order valence-electron chi connectivity index (χ0n) is 9.74. The Balaban J connectivity index is 1.65. The maximum Gasteiger partial charge on any atom is 0.288 e. The highest BCUT2D eigenvalue weighted by Crippen LogP contribution is 2.25. The summed E-state index contributed by atoms with van der Waals surface area (Å²) in [6, 6.07) is 0.356. The van der Waals surface area contributed by atoms with Crippen molar-refractivity contribution in [2.75, 3.05) is 13.1 Å². The lowest BCUT2D eigenvalue weighted by molar-refractivity contribution is 0.0920. The van der Waals surface area contributed by atoms with E-state index in [9.17, 15) is 4.79 Å². The number of rotatable bonds is 3. The molecule has 2 fully saturated rings. The van der Waals surface area contributed by atoms with E-state index in [1.807, 2.05) is 0 Å². The third-order valence-corrected chi connectivity index (χ3v) is 3.35. The van der Waals surface area contributed by atoms with E-state index >= 15 is 0 Å². The van der Waals surface area contributed by atoms with Crippen molar-refractivity contribution in [2.24, 2.45) is 0 Å². The van der Waals surface area contributed by atoms with Crippen LogP contribution in [0.1, 0.15) is 48.0 Å². The number of amides is 1. The maximum absolute atomic E-state index is 11.7. The molecule has 2 N–H and O–H groups in total. The zero-order chi connectivity index (χ0) is 11.7. The molecule has 3 rings (SSSR count). The molecule has 0 spiro atoms. The Morgan fingerprint density at radius 3 is 2.82 bits per heavy atom. The van der Waals surface area contributed by atoms with Crippen LogP contribution in [0.3, 0.4) is 0 Å². The summed E-state index contributed by atoms with van der Waals surface area (Å²) in [5.74, 6) is 1.30. The highest BCUT2D eigenvalue weighted by molar-refractivity contribution is 5.91. The Labute approximate surface area is 100.0 Å². The minimum absolute atomic E-state index is 0.125. The van der Waals surface area contributed by atoms with Gasteiger partial charge in [0.2, 0.25) is 5.76 Å². The largest absolute Gasteiger partial charge is 0.435 e. The molecule has 17 heavy (non-hydrogen) atoms. The second kappa shape index (κ2) is 4.49. The number of oxazole rings is 1. The van der Waals surface area contributed by atoms with Crippen molar-refractivity contribution in [1.82, 2.24) is 15.6 Å². The molecule has 0 bridgehead atoms. The van der Waals surface area contributed by atoms with Crippen molar-refractivity contribution in [3.8, 4) is 0 Å². The molecule has 92 valence electrons. The zero-order valence-corrected chi connectivity index (χ0v) is 9.74. The van der Waals surface area contributed by atoms with Crippen LogP contribution in [-0.2, 0) is 0 Å². The Morgan fingerprint density at radius 1 is 1.35 bits per heavy atom. The molecule has 0 radical (unpaired) electrons. The molecule has 2 heterocycles. The molecule has 1 aliphatic carbocycles. The molecule has 1 amide bonds. The standard InChI is InChI=1S/C12H17N3O2/c16-11(15-9-1-2-9)10-7-14-12(17-10)8-3-5-13-6-4-8/h7-9,13H,1-6H2,(H,15,16). The average Bonchev–Trinajstić information content (AvgIpc) is 3.04. The van der Waals surface area contributed by atoms with Crippen LogP contribution in [-0.4, -0.2) is 30.0 Å². The predicted octanol–water partition coefficient (Wildman–Crippen LogP) is 1.03. The molecular weight excluding hydrogens is 218 g/mol. The summed E-state index contributed by atoms with van der Waals surface area (Å²) < 4.78 is 5.56. The van der Waals surface area contributed by atoms with Crippen molar-refractivity contribution in [2.45, 2.75) is 37.6 Å². The van der Waals surface area contributed by atoms with Gasteiger partial charge in [0.05, 0.1) is 6.20 Å². The van der Waals surface area contributed by atoms with Gasteiger partial charge in [0.15, 0.2) is 5.89 Å². The van der Waals surface area contributed by atoms with E-state index in [1.54, 1.807) is 6.20 Å². The number of carbonyl (C=O) groups excluding carboxylic acids is 1.